The topological polar surface area (TPSA) is 49.4 Å². The van der Waals surface area contributed by atoms with Crippen molar-refractivity contribution in [2.24, 2.45) is 0 Å². The molecule has 1 aliphatic carbocycles. The molecular formula is C30H33ClN2O2. The molecule has 1 unspecified atom stereocenters. The fraction of sp³-hybridized carbons (Fsp3) is 0.333. The van der Waals surface area contributed by atoms with E-state index >= 15 is 0 Å². The molecule has 3 aromatic carbocycles. The predicted octanol–water partition coefficient (Wildman–Crippen LogP) is 5.97. The molecule has 0 aromatic heterocycles. The van der Waals surface area contributed by atoms with Crippen LogP contribution in [0.4, 0.5) is 0 Å². The maximum Gasteiger partial charge on any atom is 0.243 e. The Morgan fingerprint density at radius 3 is 2.11 bits per heavy atom. The van der Waals surface area contributed by atoms with Gasteiger partial charge in [-0.2, -0.15) is 0 Å². The van der Waals surface area contributed by atoms with E-state index in [-0.39, 0.29) is 17.9 Å². The van der Waals surface area contributed by atoms with Crippen LogP contribution in [0.25, 0.3) is 0 Å². The smallest absolute Gasteiger partial charge is 0.243 e. The number of rotatable bonds is 10. The third-order valence-electron chi connectivity index (χ3n) is 6.73. The molecule has 0 radical (unpaired) electrons. The molecule has 2 amide bonds. The third-order valence-corrected chi connectivity index (χ3v) is 7.10. The molecule has 182 valence electrons. The Bertz CT molecular complexity index is 1100. The van der Waals surface area contributed by atoms with Crippen LogP contribution in [0, 0.1) is 0 Å². The number of amides is 2. The van der Waals surface area contributed by atoms with E-state index in [0.29, 0.717) is 30.8 Å². The van der Waals surface area contributed by atoms with E-state index in [9.17, 15) is 9.59 Å². The van der Waals surface area contributed by atoms with E-state index in [1.807, 2.05) is 84.9 Å². The number of hydrogen-bond donors (Lipinski definition) is 1. The van der Waals surface area contributed by atoms with E-state index in [1.165, 1.54) is 0 Å². The Hall–Kier alpha value is -3.11. The summed E-state index contributed by atoms with van der Waals surface area (Å²) in [7, 11) is 0. The highest BCUT2D eigenvalue weighted by Gasteiger charge is 2.32. The summed E-state index contributed by atoms with van der Waals surface area (Å²) in [5.74, 6) is -0.112. The van der Waals surface area contributed by atoms with Crippen molar-refractivity contribution in [3.8, 4) is 0 Å². The maximum absolute atomic E-state index is 13.7. The highest BCUT2D eigenvalue weighted by Crippen LogP contribution is 2.22. The summed E-state index contributed by atoms with van der Waals surface area (Å²) >= 11 is 6.34. The van der Waals surface area contributed by atoms with Crippen molar-refractivity contribution in [1.82, 2.24) is 10.2 Å². The zero-order valence-corrected chi connectivity index (χ0v) is 20.8. The molecule has 1 aliphatic rings. The molecule has 0 spiro atoms. The normalized spacial score (nSPS) is 14.4. The van der Waals surface area contributed by atoms with Gasteiger partial charge in [0.05, 0.1) is 0 Å². The summed E-state index contributed by atoms with van der Waals surface area (Å²) in [5, 5.41) is 3.91. The molecule has 0 saturated heterocycles. The van der Waals surface area contributed by atoms with Gasteiger partial charge in [0.25, 0.3) is 0 Å². The Kier molecular flexibility index (Phi) is 8.96. The molecule has 4 rings (SSSR count). The number of benzene rings is 3. The van der Waals surface area contributed by atoms with Crippen LogP contribution in [-0.2, 0) is 29.0 Å². The average Bonchev–Trinajstić information content (AvgIpc) is 3.39. The highest BCUT2D eigenvalue weighted by atomic mass is 35.5. The molecule has 35 heavy (non-hydrogen) atoms. The molecule has 1 N–H and O–H groups in total. The van der Waals surface area contributed by atoms with Crippen LogP contribution in [-0.4, -0.2) is 28.8 Å². The number of carbonyl (C=O) groups excluding carboxylic acids is 2. The van der Waals surface area contributed by atoms with Gasteiger partial charge in [-0.05, 0) is 42.0 Å². The minimum atomic E-state index is -0.586. The average molecular weight is 489 g/mol. The fourth-order valence-electron chi connectivity index (χ4n) is 4.79. The van der Waals surface area contributed by atoms with E-state index in [4.69, 9.17) is 11.6 Å². The number of aryl methyl sites for hydroxylation is 1. The standard InChI is InChI=1S/C30H33ClN2O2/c31-27-18-10-7-15-25(27)19-20-29(34)33(22-24-13-5-2-6-14-24)28(21-23-11-3-1-4-12-23)30(35)32-26-16-8-9-17-26/h1-7,10-15,18,26,28H,8-9,16-17,19-22H2,(H,32,35). The number of halogens is 1. The van der Waals surface area contributed by atoms with Crippen LogP contribution in [0.5, 0.6) is 0 Å². The van der Waals surface area contributed by atoms with Gasteiger partial charge in [0.15, 0.2) is 0 Å². The Balaban J connectivity index is 1.60. The summed E-state index contributed by atoms with van der Waals surface area (Å²) in [4.78, 5) is 29.1. The summed E-state index contributed by atoms with van der Waals surface area (Å²) in [6.45, 7) is 0.387. The fourth-order valence-corrected chi connectivity index (χ4v) is 5.02. The van der Waals surface area contributed by atoms with Crippen molar-refractivity contribution >= 4 is 23.4 Å². The first-order chi connectivity index (χ1) is 17.1. The summed E-state index contributed by atoms with van der Waals surface area (Å²) in [5.41, 5.74) is 2.98. The first-order valence-corrected chi connectivity index (χ1v) is 12.9. The van der Waals surface area contributed by atoms with E-state index < -0.39 is 6.04 Å². The number of nitrogens with zero attached hydrogens (tertiary/aromatic N) is 1. The second-order valence-corrected chi connectivity index (χ2v) is 9.70. The van der Waals surface area contributed by atoms with Gasteiger partial charge in [-0.3, -0.25) is 9.59 Å². The molecule has 0 heterocycles. The number of carbonyl (C=O) groups is 2. The van der Waals surface area contributed by atoms with Gasteiger partial charge in [-0.25, -0.2) is 0 Å². The minimum absolute atomic E-state index is 0.0451. The number of hydrogen-bond acceptors (Lipinski definition) is 2. The quantitative estimate of drug-likeness (QED) is 0.382. The van der Waals surface area contributed by atoms with Gasteiger partial charge >= 0.3 is 0 Å². The molecular weight excluding hydrogens is 456 g/mol. The summed E-state index contributed by atoms with van der Waals surface area (Å²) in [6.07, 6.45) is 5.58. The molecule has 3 aromatic rings. The van der Waals surface area contributed by atoms with Gasteiger partial charge in [0, 0.05) is 30.5 Å². The van der Waals surface area contributed by atoms with Crippen molar-refractivity contribution in [3.63, 3.8) is 0 Å². The van der Waals surface area contributed by atoms with Crippen LogP contribution in [0.1, 0.15) is 48.8 Å². The van der Waals surface area contributed by atoms with Crippen molar-refractivity contribution in [3.05, 3.63) is 107 Å². The first-order valence-electron chi connectivity index (χ1n) is 12.5. The molecule has 0 bridgehead atoms. The van der Waals surface area contributed by atoms with Crippen LogP contribution in [0.3, 0.4) is 0 Å². The van der Waals surface area contributed by atoms with Gasteiger partial charge in [0.1, 0.15) is 6.04 Å². The van der Waals surface area contributed by atoms with Crippen LogP contribution in [0.15, 0.2) is 84.9 Å². The molecule has 5 heteroatoms. The lowest BCUT2D eigenvalue weighted by Gasteiger charge is -2.32. The van der Waals surface area contributed by atoms with Gasteiger partial charge in [-0.15, -0.1) is 0 Å². The third kappa shape index (κ3) is 7.19. The van der Waals surface area contributed by atoms with E-state index in [1.54, 1.807) is 4.90 Å². The zero-order valence-electron chi connectivity index (χ0n) is 20.0. The summed E-state index contributed by atoms with van der Waals surface area (Å²) in [6, 6.07) is 27.1. The lowest BCUT2D eigenvalue weighted by molar-refractivity contribution is -0.141. The summed E-state index contributed by atoms with van der Waals surface area (Å²) < 4.78 is 0. The van der Waals surface area contributed by atoms with Crippen LogP contribution in [0.2, 0.25) is 5.02 Å². The largest absolute Gasteiger partial charge is 0.352 e. The SMILES string of the molecule is O=C(NC1CCCC1)C(Cc1ccccc1)N(Cc1ccccc1)C(=O)CCc1ccccc1Cl. The Morgan fingerprint density at radius 1 is 0.857 bits per heavy atom. The molecule has 4 nitrogen and oxygen atoms in total. The molecule has 1 fully saturated rings. The van der Waals surface area contributed by atoms with Crippen LogP contribution < -0.4 is 5.32 Å². The first kappa shape index (κ1) is 25.0. The van der Waals surface area contributed by atoms with Crippen molar-refractivity contribution in [1.29, 1.82) is 0 Å². The lowest BCUT2D eigenvalue weighted by Crippen LogP contribution is -2.52. The number of nitrogens with one attached hydrogen (secondary N) is 1. The van der Waals surface area contributed by atoms with Gasteiger partial charge < -0.3 is 10.2 Å². The van der Waals surface area contributed by atoms with Crippen molar-refractivity contribution in [2.45, 2.75) is 63.6 Å². The molecule has 0 aliphatic heterocycles. The molecule has 1 atom stereocenters. The zero-order chi connectivity index (χ0) is 24.5. The minimum Gasteiger partial charge on any atom is -0.352 e. The maximum atomic E-state index is 13.7. The highest BCUT2D eigenvalue weighted by molar-refractivity contribution is 6.31. The van der Waals surface area contributed by atoms with Crippen molar-refractivity contribution in [2.75, 3.05) is 0 Å². The second kappa shape index (κ2) is 12.6. The van der Waals surface area contributed by atoms with Crippen molar-refractivity contribution < 1.29 is 9.59 Å². The second-order valence-electron chi connectivity index (χ2n) is 9.29. The lowest BCUT2D eigenvalue weighted by atomic mass is 10.0. The Labute approximate surface area is 213 Å². The predicted molar refractivity (Wildman–Crippen MR) is 141 cm³/mol. The van der Waals surface area contributed by atoms with E-state index in [2.05, 4.69) is 5.32 Å². The Morgan fingerprint density at radius 2 is 1.46 bits per heavy atom. The van der Waals surface area contributed by atoms with Crippen LogP contribution >= 0.6 is 11.6 Å². The van der Waals surface area contributed by atoms with Gasteiger partial charge in [-0.1, -0.05) is 103 Å². The monoisotopic (exact) mass is 488 g/mol. The van der Waals surface area contributed by atoms with Gasteiger partial charge in [0.2, 0.25) is 11.8 Å². The van der Waals surface area contributed by atoms with E-state index in [0.717, 1.165) is 42.4 Å². The molecule has 1 saturated carbocycles.